The first kappa shape index (κ1) is 31.1. The number of hydrogen-bond donors (Lipinski definition) is 1. The molecule has 1 saturated heterocycles. The van der Waals surface area contributed by atoms with E-state index in [1.165, 1.54) is 51.4 Å². The summed E-state index contributed by atoms with van der Waals surface area (Å²) in [5, 5.41) is 0. The molecule has 1 aliphatic heterocycles. The molecule has 0 N–H and O–H groups in total. The van der Waals surface area contributed by atoms with Crippen LogP contribution < -0.4 is 0 Å². The fraction of sp³-hybridized carbons (Fsp3) is 1.00. The molecular weight excluding hydrogens is 444 g/mol. The zero-order valence-electron chi connectivity index (χ0n) is 21.1. The van der Waals surface area contributed by atoms with Gasteiger partial charge in [0.1, 0.15) is 0 Å². The predicted molar refractivity (Wildman–Crippen MR) is 134 cm³/mol. The fourth-order valence-corrected chi connectivity index (χ4v) is 3.92. The minimum atomic E-state index is -0.509. The van der Waals surface area contributed by atoms with E-state index in [1.54, 1.807) is 7.11 Å². The summed E-state index contributed by atoms with van der Waals surface area (Å²) in [7, 11) is 1.69. The van der Waals surface area contributed by atoms with Crippen LogP contribution in [0.15, 0.2) is 0 Å². The summed E-state index contributed by atoms with van der Waals surface area (Å²) in [6.45, 7) is 6.75. The standard InChI is InChI=1S/C25H50O7S/c1-26-25(11-14-28-15-12-25)32-23-22-31-21-20-30-19-18-29-17-16-27-13-9-7-5-3-2-4-6-8-10-24-33/h33H,2-24H2,1H3. The largest absolute Gasteiger partial charge is 0.381 e. The minimum absolute atomic E-state index is 0.508. The van der Waals surface area contributed by atoms with Crippen molar-refractivity contribution in [2.75, 3.05) is 85.5 Å². The highest BCUT2D eigenvalue weighted by molar-refractivity contribution is 7.80. The molecule has 0 atom stereocenters. The number of hydrogen-bond acceptors (Lipinski definition) is 8. The second kappa shape index (κ2) is 23.8. The SMILES string of the molecule is COC1(OCCOCCOCCOCCOCCCCCCCCCCCS)CCOCC1. The molecule has 7 nitrogen and oxygen atoms in total. The summed E-state index contributed by atoms with van der Waals surface area (Å²) in [5.41, 5.74) is 0. The Bertz CT molecular complexity index is 395. The number of thiol groups is 1. The summed E-state index contributed by atoms with van der Waals surface area (Å²) in [6, 6.07) is 0. The van der Waals surface area contributed by atoms with Gasteiger partial charge in [-0.15, -0.1) is 0 Å². The second-order valence-corrected chi connectivity index (χ2v) is 8.88. The first-order valence-corrected chi connectivity index (χ1v) is 13.6. The summed E-state index contributed by atoms with van der Waals surface area (Å²) in [4.78, 5) is 0. The molecule has 1 rings (SSSR count). The van der Waals surface area contributed by atoms with Crippen molar-refractivity contribution in [3.8, 4) is 0 Å². The first-order chi connectivity index (χ1) is 16.3. The molecular formula is C25H50O7S. The van der Waals surface area contributed by atoms with Crippen molar-refractivity contribution in [3.63, 3.8) is 0 Å². The maximum atomic E-state index is 5.86. The van der Waals surface area contributed by atoms with Crippen LogP contribution in [0.4, 0.5) is 0 Å². The Labute approximate surface area is 207 Å². The lowest BCUT2D eigenvalue weighted by Gasteiger charge is -2.35. The number of methoxy groups -OCH3 is 1. The molecule has 8 heteroatoms. The van der Waals surface area contributed by atoms with Crippen LogP contribution in [0.5, 0.6) is 0 Å². The average molecular weight is 495 g/mol. The lowest BCUT2D eigenvalue weighted by molar-refractivity contribution is -0.259. The highest BCUT2D eigenvalue weighted by Crippen LogP contribution is 2.25. The van der Waals surface area contributed by atoms with Gasteiger partial charge >= 0.3 is 0 Å². The van der Waals surface area contributed by atoms with Gasteiger partial charge in [-0.05, 0) is 18.6 Å². The van der Waals surface area contributed by atoms with Crippen molar-refractivity contribution >= 4 is 12.6 Å². The maximum absolute atomic E-state index is 5.86. The van der Waals surface area contributed by atoms with Gasteiger partial charge in [0.05, 0.1) is 66.1 Å². The third-order valence-electron chi connectivity index (χ3n) is 5.78. The zero-order valence-corrected chi connectivity index (χ0v) is 22.0. The Morgan fingerprint density at radius 1 is 0.576 bits per heavy atom. The van der Waals surface area contributed by atoms with Crippen molar-refractivity contribution < 1.29 is 33.2 Å². The Morgan fingerprint density at radius 3 is 1.48 bits per heavy atom. The molecule has 0 bridgehead atoms. The Hall–Kier alpha value is 0.0700. The third kappa shape index (κ3) is 19.0. The Morgan fingerprint density at radius 2 is 1.00 bits per heavy atom. The van der Waals surface area contributed by atoms with Gasteiger partial charge in [0.2, 0.25) is 0 Å². The molecule has 0 aromatic rings. The van der Waals surface area contributed by atoms with Crippen LogP contribution in [-0.4, -0.2) is 91.3 Å². The summed E-state index contributed by atoms with van der Waals surface area (Å²) in [6.07, 6.45) is 13.3. The number of ether oxygens (including phenoxy) is 7. The van der Waals surface area contributed by atoms with Gasteiger partial charge in [-0.25, -0.2) is 0 Å². The maximum Gasteiger partial charge on any atom is 0.172 e. The molecule has 0 amide bonds. The molecule has 1 heterocycles. The molecule has 0 aromatic heterocycles. The third-order valence-corrected chi connectivity index (χ3v) is 6.10. The van der Waals surface area contributed by atoms with Crippen LogP contribution in [0, 0.1) is 0 Å². The Balaban J connectivity index is 1.69. The van der Waals surface area contributed by atoms with Gasteiger partial charge in [0.25, 0.3) is 0 Å². The van der Waals surface area contributed by atoms with Crippen molar-refractivity contribution in [1.29, 1.82) is 0 Å². The molecule has 1 fully saturated rings. The van der Waals surface area contributed by atoms with E-state index in [4.69, 9.17) is 33.2 Å². The van der Waals surface area contributed by atoms with Gasteiger partial charge in [0.15, 0.2) is 5.79 Å². The fourth-order valence-electron chi connectivity index (χ4n) is 3.69. The van der Waals surface area contributed by atoms with Crippen LogP contribution in [0.25, 0.3) is 0 Å². The highest BCUT2D eigenvalue weighted by Gasteiger charge is 2.33. The van der Waals surface area contributed by atoms with Crippen LogP contribution in [0.1, 0.15) is 70.6 Å². The summed E-state index contributed by atoms with van der Waals surface area (Å²) in [5.74, 6) is 0.517. The van der Waals surface area contributed by atoms with Gasteiger partial charge in [-0.3, -0.25) is 0 Å². The van der Waals surface area contributed by atoms with E-state index in [0.717, 1.165) is 31.6 Å². The molecule has 0 saturated carbocycles. The van der Waals surface area contributed by atoms with Gasteiger partial charge in [-0.1, -0.05) is 44.9 Å². The van der Waals surface area contributed by atoms with Crippen molar-refractivity contribution in [2.24, 2.45) is 0 Å². The predicted octanol–water partition coefficient (Wildman–Crippen LogP) is 4.66. The molecule has 0 aromatic carbocycles. The topological polar surface area (TPSA) is 64.6 Å². The van der Waals surface area contributed by atoms with Crippen LogP contribution in [-0.2, 0) is 33.2 Å². The van der Waals surface area contributed by atoms with E-state index < -0.39 is 5.79 Å². The molecule has 198 valence electrons. The van der Waals surface area contributed by atoms with E-state index in [1.807, 2.05) is 0 Å². The van der Waals surface area contributed by atoms with E-state index >= 15 is 0 Å². The van der Waals surface area contributed by atoms with Crippen LogP contribution in [0.2, 0.25) is 0 Å². The smallest absolute Gasteiger partial charge is 0.172 e. The van der Waals surface area contributed by atoms with Gasteiger partial charge < -0.3 is 33.2 Å². The molecule has 0 radical (unpaired) electrons. The van der Waals surface area contributed by atoms with Gasteiger partial charge in [0, 0.05) is 26.6 Å². The molecule has 0 aliphatic carbocycles. The van der Waals surface area contributed by atoms with Crippen LogP contribution >= 0.6 is 12.6 Å². The zero-order chi connectivity index (χ0) is 23.7. The van der Waals surface area contributed by atoms with Gasteiger partial charge in [-0.2, -0.15) is 12.6 Å². The Kier molecular flexibility index (Phi) is 22.4. The number of rotatable bonds is 25. The normalized spacial score (nSPS) is 15.8. The second-order valence-electron chi connectivity index (χ2n) is 8.43. The molecule has 1 aliphatic rings. The molecule has 0 spiro atoms. The van der Waals surface area contributed by atoms with E-state index in [-0.39, 0.29) is 0 Å². The average Bonchev–Trinajstić information content (AvgIpc) is 2.85. The first-order valence-electron chi connectivity index (χ1n) is 13.0. The van der Waals surface area contributed by atoms with Crippen LogP contribution in [0.3, 0.4) is 0 Å². The van der Waals surface area contributed by atoms with E-state index in [0.29, 0.717) is 66.1 Å². The summed E-state index contributed by atoms with van der Waals surface area (Å²) >= 11 is 4.25. The van der Waals surface area contributed by atoms with Crippen molar-refractivity contribution in [1.82, 2.24) is 0 Å². The highest BCUT2D eigenvalue weighted by atomic mass is 32.1. The lowest BCUT2D eigenvalue weighted by atomic mass is 10.1. The molecule has 0 unspecified atom stereocenters. The lowest BCUT2D eigenvalue weighted by Crippen LogP contribution is -2.41. The van der Waals surface area contributed by atoms with Crippen molar-refractivity contribution in [2.45, 2.75) is 76.4 Å². The number of unbranched alkanes of at least 4 members (excludes halogenated alkanes) is 8. The molecule has 33 heavy (non-hydrogen) atoms. The van der Waals surface area contributed by atoms with E-state index in [2.05, 4.69) is 12.6 Å². The van der Waals surface area contributed by atoms with Crippen molar-refractivity contribution in [3.05, 3.63) is 0 Å². The quantitative estimate of drug-likeness (QED) is 0.112. The summed E-state index contributed by atoms with van der Waals surface area (Å²) < 4.78 is 39.0. The monoisotopic (exact) mass is 494 g/mol. The van der Waals surface area contributed by atoms with E-state index in [9.17, 15) is 0 Å². The minimum Gasteiger partial charge on any atom is -0.381 e.